The number of benzene rings is 1. The molecule has 7 nitrogen and oxygen atoms in total. The summed E-state index contributed by atoms with van der Waals surface area (Å²) in [7, 11) is 0. The van der Waals surface area contributed by atoms with Crippen LogP contribution in [0.15, 0.2) is 34.0 Å². The van der Waals surface area contributed by atoms with E-state index < -0.39 is 0 Å². The summed E-state index contributed by atoms with van der Waals surface area (Å²) in [4.78, 5) is 12.8. The fourth-order valence-corrected chi connectivity index (χ4v) is 4.69. The molecule has 0 bridgehead atoms. The largest absolute Gasteiger partial charge is 0.378 e. The van der Waals surface area contributed by atoms with Crippen LogP contribution in [-0.4, -0.2) is 44.9 Å². The average Bonchev–Trinajstić information content (AvgIpc) is 3.29. The predicted octanol–water partition coefficient (Wildman–Crippen LogP) is 2.82. The minimum absolute atomic E-state index is 0.0774. The van der Waals surface area contributed by atoms with Crippen molar-refractivity contribution in [2.24, 2.45) is 0 Å². The molecule has 1 aliphatic heterocycles. The number of rotatable bonds is 5. The quantitative estimate of drug-likeness (QED) is 0.553. The number of ether oxygens (including phenoxy) is 1. The van der Waals surface area contributed by atoms with Gasteiger partial charge < -0.3 is 10.1 Å². The van der Waals surface area contributed by atoms with Gasteiger partial charge in [0.1, 0.15) is 5.82 Å². The van der Waals surface area contributed by atoms with E-state index in [9.17, 15) is 4.79 Å². The number of fused-ring (bicyclic) bond motifs is 1. The normalized spacial score (nSPS) is 23.4. The van der Waals surface area contributed by atoms with Gasteiger partial charge in [-0.25, -0.2) is 0 Å². The second-order valence-electron chi connectivity index (χ2n) is 7.12. The van der Waals surface area contributed by atoms with Crippen LogP contribution in [0.4, 0.5) is 5.82 Å². The molecule has 1 aromatic carbocycles. The molecule has 8 heteroatoms. The monoisotopic (exact) mass is 371 g/mol. The van der Waals surface area contributed by atoms with Crippen molar-refractivity contribution in [1.82, 2.24) is 20.4 Å². The lowest BCUT2D eigenvalue weighted by atomic mass is 10.1. The lowest BCUT2D eigenvalue weighted by Crippen LogP contribution is -2.36. The Morgan fingerprint density at radius 2 is 2.12 bits per heavy atom. The Kier molecular flexibility index (Phi) is 4.01. The smallest absolute Gasteiger partial charge is 0.271 e. The Morgan fingerprint density at radius 1 is 1.19 bits per heavy atom. The molecule has 2 aliphatic rings. The first kappa shape index (κ1) is 16.0. The maximum atomic E-state index is 11.6. The molecule has 26 heavy (non-hydrogen) atoms. The van der Waals surface area contributed by atoms with Crippen LogP contribution >= 0.6 is 11.8 Å². The highest BCUT2D eigenvalue weighted by atomic mass is 32.2. The number of nitrogens with one attached hydrogen (secondary N) is 4. The predicted molar refractivity (Wildman–Crippen MR) is 102 cm³/mol. The van der Waals surface area contributed by atoms with E-state index in [0.29, 0.717) is 23.2 Å². The molecular formula is C18H21N5O2S. The summed E-state index contributed by atoms with van der Waals surface area (Å²) in [5.41, 5.74) is 2.01. The molecule has 1 saturated carbocycles. The lowest BCUT2D eigenvalue weighted by molar-refractivity contribution is 0.0921. The summed E-state index contributed by atoms with van der Waals surface area (Å²) in [6.07, 6.45) is 3.55. The Bertz CT molecular complexity index is 973. The summed E-state index contributed by atoms with van der Waals surface area (Å²) < 4.78 is 5.81. The van der Waals surface area contributed by atoms with Gasteiger partial charge in [0.25, 0.3) is 5.56 Å². The minimum atomic E-state index is -0.0774. The van der Waals surface area contributed by atoms with Crippen molar-refractivity contribution >= 4 is 28.5 Å². The molecule has 136 valence electrons. The van der Waals surface area contributed by atoms with E-state index in [-0.39, 0.29) is 11.6 Å². The Balaban J connectivity index is 1.23. The standard InChI is InChI=1S/C18H21N5O2S/c24-18-14-4-3-12(6-16(14)21-23-18)26-13-5-11(8-25-9-13)19-17-7-15(20-22-17)10-1-2-10/h3-4,6-7,10-11,13H,1-2,5,8-9H2,(H2,19,20,22)(H2,21,23,24). The third-order valence-corrected chi connectivity index (χ3v) is 6.17. The van der Waals surface area contributed by atoms with E-state index in [1.54, 1.807) is 11.8 Å². The first-order valence-electron chi connectivity index (χ1n) is 9.01. The molecule has 0 spiro atoms. The molecule has 3 aromatic rings. The molecule has 0 radical (unpaired) electrons. The van der Waals surface area contributed by atoms with Gasteiger partial charge in [-0.2, -0.15) is 5.10 Å². The second kappa shape index (κ2) is 6.51. The summed E-state index contributed by atoms with van der Waals surface area (Å²) >= 11 is 1.79. The number of hydrogen-bond acceptors (Lipinski definition) is 5. The third-order valence-electron chi connectivity index (χ3n) is 4.99. The number of aromatic amines is 3. The molecule has 4 N–H and O–H groups in total. The first-order chi connectivity index (χ1) is 12.7. The third kappa shape index (κ3) is 3.26. The molecule has 0 amide bonds. The van der Waals surface area contributed by atoms with Crippen molar-refractivity contribution in [3.05, 3.63) is 40.3 Å². The van der Waals surface area contributed by atoms with Gasteiger partial charge in [-0.1, -0.05) is 0 Å². The molecular weight excluding hydrogens is 350 g/mol. The first-order valence-corrected chi connectivity index (χ1v) is 9.89. The Hall–Kier alpha value is -2.19. The van der Waals surface area contributed by atoms with Gasteiger partial charge in [0.05, 0.1) is 30.2 Å². The fraction of sp³-hybridized carbons (Fsp3) is 0.444. The molecule has 1 saturated heterocycles. The summed E-state index contributed by atoms with van der Waals surface area (Å²) in [5.74, 6) is 1.59. The minimum Gasteiger partial charge on any atom is -0.378 e. The number of hydrogen-bond donors (Lipinski definition) is 4. The summed E-state index contributed by atoms with van der Waals surface area (Å²) in [6.45, 7) is 1.44. The van der Waals surface area contributed by atoms with Gasteiger partial charge in [0, 0.05) is 27.8 Å². The molecule has 2 atom stereocenters. The lowest BCUT2D eigenvalue weighted by Gasteiger charge is -2.29. The van der Waals surface area contributed by atoms with Crippen molar-refractivity contribution in [3.63, 3.8) is 0 Å². The van der Waals surface area contributed by atoms with Crippen molar-refractivity contribution in [3.8, 4) is 0 Å². The van der Waals surface area contributed by atoms with Gasteiger partial charge >= 0.3 is 0 Å². The Labute approximate surface area is 154 Å². The van der Waals surface area contributed by atoms with E-state index in [4.69, 9.17) is 4.74 Å². The van der Waals surface area contributed by atoms with Crippen LogP contribution < -0.4 is 10.9 Å². The molecule has 5 rings (SSSR count). The molecule has 2 unspecified atom stereocenters. The summed E-state index contributed by atoms with van der Waals surface area (Å²) in [6, 6.07) is 8.28. The van der Waals surface area contributed by atoms with Gasteiger partial charge in [0.15, 0.2) is 0 Å². The number of nitrogens with zero attached hydrogens (tertiary/aromatic N) is 1. The van der Waals surface area contributed by atoms with Crippen LogP contribution in [0, 0.1) is 0 Å². The highest BCUT2D eigenvalue weighted by Crippen LogP contribution is 2.39. The van der Waals surface area contributed by atoms with Crippen molar-refractivity contribution in [1.29, 1.82) is 0 Å². The molecule has 1 aliphatic carbocycles. The van der Waals surface area contributed by atoms with E-state index in [1.807, 2.05) is 18.2 Å². The fourth-order valence-electron chi connectivity index (χ4n) is 3.48. The van der Waals surface area contributed by atoms with Gasteiger partial charge in [-0.3, -0.25) is 20.1 Å². The maximum absolute atomic E-state index is 11.6. The van der Waals surface area contributed by atoms with Crippen LogP contribution in [-0.2, 0) is 4.74 Å². The van der Waals surface area contributed by atoms with Crippen LogP contribution in [0.1, 0.15) is 30.9 Å². The SMILES string of the molecule is O=c1[nH][nH]c2cc(SC3COCC(Nc4cc(C5CC5)[nH]n4)C3)ccc12. The molecule has 2 fully saturated rings. The topological polar surface area (TPSA) is 98.6 Å². The zero-order valence-corrected chi connectivity index (χ0v) is 15.1. The maximum Gasteiger partial charge on any atom is 0.271 e. The van der Waals surface area contributed by atoms with Crippen molar-refractivity contribution in [2.75, 3.05) is 18.5 Å². The zero-order chi connectivity index (χ0) is 17.5. The van der Waals surface area contributed by atoms with Crippen LogP contribution in [0.3, 0.4) is 0 Å². The number of thioether (sulfide) groups is 1. The molecule has 2 aromatic heterocycles. The average molecular weight is 371 g/mol. The van der Waals surface area contributed by atoms with E-state index in [0.717, 1.165) is 29.3 Å². The van der Waals surface area contributed by atoms with Crippen molar-refractivity contribution < 1.29 is 4.74 Å². The van der Waals surface area contributed by atoms with Gasteiger partial charge in [0.2, 0.25) is 0 Å². The number of H-pyrrole nitrogens is 3. The number of anilines is 1. The highest BCUT2D eigenvalue weighted by Gasteiger charge is 2.27. The second-order valence-corrected chi connectivity index (χ2v) is 8.50. The van der Waals surface area contributed by atoms with Gasteiger partial charge in [-0.05, 0) is 37.5 Å². The van der Waals surface area contributed by atoms with Crippen LogP contribution in [0.2, 0.25) is 0 Å². The van der Waals surface area contributed by atoms with Crippen LogP contribution in [0.25, 0.3) is 10.9 Å². The highest BCUT2D eigenvalue weighted by molar-refractivity contribution is 8.00. The van der Waals surface area contributed by atoms with Gasteiger partial charge in [-0.15, -0.1) is 11.8 Å². The van der Waals surface area contributed by atoms with E-state index in [2.05, 4.69) is 31.8 Å². The van der Waals surface area contributed by atoms with E-state index >= 15 is 0 Å². The van der Waals surface area contributed by atoms with Crippen LogP contribution in [0.5, 0.6) is 0 Å². The molecule has 3 heterocycles. The number of aromatic nitrogens is 4. The van der Waals surface area contributed by atoms with E-state index in [1.165, 1.54) is 18.5 Å². The summed E-state index contributed by atoms with van der Waals surface area (Å²) in [5, 5.41) is 17.6. The van der Waals surface area contributed by atoms with Crippen molar-refractivity contribution in [2.45, 2.75) is 41.4 Å². The zero-order valence-electron chi connectivity index (χ0n) is 14.2. The Morgan fingerprint density at radius 3 is 3.00 bits per heavy atom.